The number of piperidine rings is 1. The van der Waals surface area contributed by atoms with Gasteiger partial charge in [-0.3, -0.25) is 4.79 Å². The van der Waals surface area contributed by atoms with Gasteiger partial charge in [0.1, 0.15) is 5.75 Å². The predicted molar refractivity (Wildman–Crippen MR) is 182 cm³/mol. The summed E-state index contributed by atoms with van der Waals surface area (Å²) < 4.78 is 5.98. The third kappa shape index (κ3) is 8.80. The van der Waals surface area contributed by atoms with E-state index in [1.165, 1.54) is 25.8 Å². The summed E-state index contributed by atoms with van der Waals surface area (Å²) in [4.78, 5) is 17.5. The fourth-order valence-corrected chi connectivity index (χ4v) is 6.86. The normalized spacial score (nSPS) is 21.7. The first-order chi connectivity index (χ1) is 21.2. The maximum atomic E-state index is 12.9. The van der Waals surface area contributed by atoms with E-state index in [2.05, 4.69) is 57.9 Å². The Hall–Kier alpha value is -2.99. The molecule has 44 heavy (non-hydrogen) atoms. The second-order valence-corrected chi connectivity index (χ2v) is 13.0. The van der Waals surface area contributed by atoms with Gasteiger partial charge in [-0.2, -0.15) is 5.26 Å². The van der Waals surface area contributed by atoms with Crippen LogP contribution in [0.4, 0.5) is 17.1 Å². The topological polar surface area (TPSA) is 92.7 Å². The zero-order valence-electron chi connectivity index (χ0n) is 27.2. The lowest BCUT2D eigenvalue weighted by atomic mass is 9.81. The Morgan fingerprint density at radius 2 is 2.02 bits per heavy atom. The van der Waals surface area contributed by atoms with Crippen LogP contribution in [0.15, 0.2) is 30.3 Å². The van der Waals surface area contributed by atoms with Crippen molar-refractivity contribution in [3.63, 3.8) is 0 Å². The van der Waals surface area contributed by atoms with Gasteiger partial charge in [0.05, 0.1) is 30.3 Å². The van der Waals surface area contributed by atoms with Crippen LogP contribution in [0.2, 0.25) is 5.02 Å². The molecule has 2 aliphatic rings. The van der Waals surface area contributed by atoms with Crippen LogP contribution in [0.1, 0.15) is 82.4 Å². The number of ether oxygens (including phenoxy) is 1. The van der Waals surface area contributed by atoms with E-state index in [9.17, 15) is 10.1 Å². The highest BCUT2D eigenvalue weighted by Gasteiger charge is 2.37. The molecule has 1 amide bonds. The van der Waals surface area contributed by atoms with Crippen molar-refractivity contribution in [2.45, 2.75) is 89.8 Å². The minimum Gasteiger partial charge on any atom is -0.492 e. The first-order valence-corrected chi connectivity index (χ1v) is 16.8. The molecule has 0 spiro atoms. The smallest absolute Gasteiger partial charge is 0.224 e. The average Bonchev–Trinajstić information content (AvgIpc) is 2.98. The van der Waals surface area contributed by atoms with Gasteiger partial charge in [-0.1, -0.05) is 37.4 Å². The number of fused-ring (bicyclic) bond motifs is 1. The Kier molecular flexibility index (Phi) is 12.6. The lowest BCUT2D eigenvalue weighted by Crippen LogP contribution is -2.40. The predicted octanol–water partition coefficient (Wildman–Crippen LogP) is 7.32. The zero-order chi connectivity index (χ0) is 31.6. The number of carbonyl (C=O) groups excluding carboxylic acids is 1. The van der Waals surface area contributed by atoms with Gasteiger partial charge in [-0.25, -0.2) is 0 Å². The Balaban J connectivity index is 1.60. The summed E-state index contributed by atoms with van der Waals surface area (Å²) in [6.07, 6.45) is 8.89. The number of rotatable bonds is 14. The minimum absolute atomic E-state index is 0.0295. The maximum Gasteiger partial charge on any atom is 0.224 e. The molecular formula is C35H51ClN6O2. The Morgan fingerprint density at radius 1 is 1.20 bits per heavy atom. The molecule has 2 aromatic carbocycles. The van der Waals surface area contributed by atoms with Crippen LogP contribution in [0.3, 0.4) is 0 Å². The fourth-order valence-electron chi connectivity index (χ4n) is 6.58. The van der Waals surface area contributed by atoms with Crippen LogP contribution in [-0.4, -0.2) is 68.6 Å². The molecule has 2 aliphatic heterocycles. The van der Waals surface area contributed by atoms with Crippen molar-refractivity contribution >= 4 is 34.6 Å². The second kappa shape index (κ2) is 16.4. The molecule has 4 atom stereocenters. The third-order valence-corrected chi connectivity index (χ3v) is 9.35. The van der Waals surface area contributed by atoms with E-state index in [0.717, 1.165) is 66.2 Å². The molecule has 1 saturated heterocycles. The summed E-state index contributed by atoms with van der Waals surface area (Å²) in [5, 5.41) is 21.5. The summed E-state index contributed by atoms with van der Waals surface area (Å²) in [6, 6.07) is 13.0. The number of hydrogen-bond donors (Lipinski definition) is 3. The highest BCUT2D eigenvalue weighted by Crippen LogP contribution is 2.44. The van der Waals surface area contributed by atoms with Gasteiger partial charge in [-0.15, -0.1) is 0 Å². The minimum atomic E-state index is -0.329. The number of benzene rings is 2. The van der Waals surface area contributed by atoms with Gasteiger partial charge in [0.25, 0.3) is 0 Å². The average molecular weight is 623 g/mol. The zero-order valence-corrected chi connectivity index (χ0v) is 28.0. The van der Waals surface area contributed by atoms with Crippen molar-refractivity contribution < 1.29 is 9.53 Å². The molecule has 2 heterocycles. The van der Waals surface area contributed by atoms with Gasteiger partial charge in [-0.05, 0) is 103 Å². The summed E-state index contributed by atoms with van der Waals surface area (Å²) in [5.74, 6) is 0.243. The lowest BCUT2D eigenvalue weighted by Gasteiger charge is -2.39. The van der Waals surface area contributed by atoms with Crippen LogP contribution in [-0.2, 0) is 11.2 Å². The summed E-state index contributed by atoms with van der Waals surface area (Å²) in [7, 11) is 6.23. The summed E-state index contributed by atoms with van der Waals surface area (Å²) >= 11 is 6.85. The number of nitriles is 1. The van der Waals surface area contributed by atoms with Gasteiger partial charge in [0, 0.05) is 46.5 Å². The molecule has 0 aliphatic carbocycles. The molecular weight excluding hydrogens is 572 g/mol. The standard InChI is InChI=1S/C35H51ClN6O2/c1-6-11-30-28(23-37)35(38-25-16-14-24(29(36)20-25)15-17-26-12-8-9-19-42(26)5)27-21-32(33(44-7-2)22-31(27)39-30)40-34(43)13-10-18-41(3)4/h14,16,20-22,26,28,30,35,38-39H,6-13,15,17-19H2,1-5H3,(H,40,43). The van der Waals surface area contributed by atoms with Gasteiger partial charge in [0.2, 0.25) is 5.91 Å². The monoisotopic (exact) mass is 622 g/mol. The molecule has 0 radical (unpaired) electrons. The highest BCUT2D eigenvalue weighted by molar-refractivity contribution is 6.31. The number of likely N-dealkylation sites (tertiary alicyclic amines) is 1. The van der Waals surface area contributed by atoms with Crippen molar-refractivity contribution in [3.05, 3.63) is 46.5 Å². The van der Waals surface area contributed by atoms with Crippen LogP contribution >= 0.6 is 11.6 Å². The number of nitrogens with one attached hydrogen (secondary N) is 3. The molecule has 3 N–H and O–H groups in total. The Morgan fingerprint density at radius 3 is 2.70 bits per heavy atom. The number of anilines is 3. The van der Waals surface area contributed by atoms with E-state index in [-0.39, 0.29) is 23.9 Å². The lowest BCUT2D eigenvalue weighted by molar-refractivity contribution is -0.116. The SMILES string of the molecule is CCCC1Nc2cc(OCC)c(NC(=O)CCCN(C)C)cc2C(Nc2ccc(CCC3CCCCN3C)c(Cl)c2)C1C#N. The van der Waals surface area contributed by atoms with Crippen molar-refractivity contribution in [1.29, 1.82) is 5.26 Å². The van der Waals surface area contributed by atoms with E-state index >= 15 is 0 Å². The van der Waals surface area contributed by atoms with Crippen LogP contribution < -0.4 is 20.7 Å². The van der Waals surface area contributed by atoms with Crippen molar-refractivity contribution in [1.82, 2.24) is 9.80 Å². The number of amides is 1. The molecule has 240 valence electrons. The van der Waals surface area contributed by atoms with E-state index in [4.69, 9.17) is 16.3 Å². The molecule has 4 unspecified atom stereocenters. The molecule has 2 aromatic rings. The number of aryl methyl sites for hydroxylation is 1. The molecule has 0 saturated carbocycles. The largest absolute Gasteiger partial charge is 0.492 e. The molecule has 0 aromatic heterocycles. The van der Waals surface area contributed by atoms with Gasteiger partial charge < -0.3 is 30.5 Å². The first-order valence-electron chi connectivity index (χ1n) is 16.4. The third-order valence-electron chi connectivity index (χ3n) is 9.00. The first kappa shape index (κ1) is 33.9. The Labute approximate surface area is 269 Å². The quantitative estimate of drug-likeness (QED) is 0.203. The second-order valence-electron chi connectivity index (χ2n) is 12.6. The Bertz CT molecular complexity index is 1290. The van der Waals surface area contributed by atoms with Crippen molar-refractivity contribution in [3.8, 4) is 11.8 Å². The molecule has 1 fully saturated rings. The maximum absolute atomic E-state index is 12.9. The molecule has 9 heteroatoms. The number of carbonyl (C=O) groups is 1. The summed E-state index contributed by atoms with van der Waals surface area (Å²) in [6.45, 7) is 6.56. The number of hydrogen-bond acceptors (Lipinski definition) is 7. The van der Waals surface area contributed by atoms with Crippen LogP contribution in [0, 0.1) is 17.2 Å². The van der Waals surface area contributed by atoms with E-state index < -0.39 is 0 Å². The highest BCUT2D eigenvalue weighted by atomic mass is 35.5. The van der Waals surface area contributed by atoms with Gasteiger partial charge >= 0.3 is 0 Å². The van der Waals surface area contributed by atoms with E-state index in [1.54, 1.807) is 0 Å². The van der Waals surface area contributed by atoms with Crippen LogP contribution in [0.5, 0.6) is 5.75 Å². The fraction of sp³-hybridized carbons (Fsp3) is 0.600. The molecule has 0 bridgehead atoms. The van der Waals surface area contributed by atoms with E-state index in [0.29, 0.717) is 30.5 Å². The van der Waals surface area contributed by atoms with E-state index in [1.807, 2.05) is 39.2 Å². The van der Waals surface area contributed by atoms with Gasteiger partial charge in [0.15, 0.2) is 0 Å². The van der Waals surface area contributed by atoms with Crippen molar-refractivity contribution in [2.75, 3.05) is 56.8 Å². The van der Waals surface area contributed by atoms with Crippen LogP contribution in [0.25, 0.3) is 0 Å². The molecule has 8 nitrogen and oxygen atoms in total. The summed E-state index contributed by atoms with van der Waals surface area (Å²) in [5.41, 5.74) is 4.51. The number of nitrogens with zero attached hydrogens (tertiary/aromatic N) is 3. The molecule has 4 rings (SSSR count). The van der Waals surface area contributed by atoms with Crippen molar-refractivity contribution in [2.24, 2.45) is 5.92 Å². The number of halogens is 1.